The average Bonchev–Trinajstić information content (AvgIpc) is 2.74. The van der Waals surface area contributed by atoms with Crippen molar-refractivity contribution in [2.24, 2.45) is 0 Å². The van der Waals surface area contributed by atoms with Gasteiger partial charge in [0.15, 0.2) is 0 Å². The van der Waals surface area contributed by atoms with Crippen LogP contribution in [0.3, 0.4) is 0 Å². The molecule has 0 radical (unpaired) electrons. The van der Waals surface area contributed by atoms with Gasteiger partial charge in [0, 0.05) is 11.4 Å². The Morgan fingerprint density at radius 1 is 1.37 bits per heavy atom. The molecule has 19 heavy (non-hydrogen) atoms. The molecule has 0 unspecified atom stereocenters. The van der Waals surface area contributed by atoms with Crippen LogP contribution in [0.2, 0.25) is 9.49 Å². The number of anilines is 1. The summed E-state index contributed by atoms with van der Waals surface area (Å²) in [6.45, 7) is 0.628. The third-order valence-corrected chi connectivity index (χ3v) is 3.83. The van der Waals surface area contributed by atoms with Crippen LogP contribution >= 0.6 is 34.5 Å². The van der Waals surface area contributed by atoms with E-state index in [2.05, 4.69) is 10.3 Å². The van der Waals surface area contributed by atoms with Gasteiger partial charge in [-0.3, -0.25) is 0 Å². The van der Waals surface area contributed by atoms with Gasteiger partial charge >= 0.3 is 5.97 Å². The summed E-state index contributed by atoms with van der Waals surface area (Å²) in [5.74, 6) is -0.579. The smallest absolute Gasteiger partial charge is 0.335 e. The minimum absolute atomic E-state index is 0.113. The van der Waals surface area contributed by atoms with Gasteiger partial charge in [0.05, 0.1) is 9.90 Å². The first-order valence-corrected chi connectivity index (χ1v) is 7.01. The van der Waals surface area contributed by atoms with Gasteiger partial charge in [-0.1, -0.05) is 23.2 Å². The van der Waals surface area contributed by atoms with Crippen LogP contribution in [0, 0.1) is 0 Å². The van der Waals surface area contributed by atoms with Gasteiger partial charge in [0.1, 0.15) is 11.0 Å². The molecule has 0 saturated carbocycles. The molecular weight excluding hydrogens is 307 g/mol. The van der Waals surface area contributed by atoms with Crippen molar-refractivity contribution in [3.8, 4) is 0 Å². The zero-order chi connectivity index (χ0) is 13.8. The maximum Gasteiger partial charge on any atom is 0.335 e. The van der Waals surface area contributed by atoms with Crippen LogP contribution in [-0.4, -0.2) is 22.6 Å². The highest BCUT2D eigenvalue weighted by molar-refractivity contribution is 7.16. The first-order chi connectivity index (χ1) is 9.04. The Bertz CT molecular complexity index is 601. The summed E-state index contributed by atoms with van der Waals surface area (Å²) < 4.78 is 0.754. The highest BCUT2D eigenvalue weighted by atomic mass is 35.5. The molecule has 2 aromatic rings. The molecule has 100 valence electrons. The summed E-state index contributed by atoms with van der Waals surface area (Å²) >= 11 is 13.1. The summed E-state index contributed by atoms with van der Waals surface area (Å²) in [5, 5.41) is 12.1. The Morgan fingerprint density at radius 3 is 2.79 bits per heavy atom. The highest BCUT2D eigenvalue weighted by Crippen LogP contribution is 2.22. The van der Waals surface area contributed by atoms with E-state index in [1.807, 2.05) is 12.1 Å². The van der Waals surface area contributed by atoms with E-state index in [4.69, 9.17) is 28.3 Å². The Balaban J connectivity index is 1.97. The molecule has 2 heterocycles. The molecule has 0 saturated heterocycles. The zero-order valence-corrected chi connectivity index (χ0v) is 12.0. The number of pyridine rings is 1. The monoisotopic (exact) mass is 316 g/mol. The molecular formula is C12H10Cl2N2O2S. The Labute approximate surface area is 124 Å². The van der Waals surface area contributed by atoms with Gasteiger partial charge in [0.25, 0.3) is 0 Å². The van der Waals surface area contributed by atoms with Gasteiger partial charge < -0.3 is 10.4 Å². The topological polar surface area (TPSA) is 62.2 Å². The molecule has 2 N–H and O–H groups in total. The fourth-order valence-electron chi connectivity index (χ4n) is 1.51. The van der Waals surface area contributed by atoms with Crippen molar-refractivity contribution in [3.05, 3.63) is 44.2 Å². The Kier molecular flexibility index (Phi) is 4.63. The third kappa shape index (κ3) is 4.09. The lowest BCUT2D eigenvalue weighted by Gasteiger charge is -2.06. The second-order valence-corrected chi connectivity index (χ2v) is 5.94. The van der Waals surface area contributed by atoms with Gasteiger partial charge in [0.2, 0.25) is 0 Å². The normalized spacial score (nSPS) is 10.4. The molecule has 0 aliphatic carbocycles. The lowest BCUT2D eigenvalue weighted by atomic mass is 10.2. The third-order valence-electron chi connectivity index (χ3n) is 2.35. The van der Waals surface area contributed by atoms with Crippen LogP contribution in [0.15, 0.2) is 24.3 Å². The molecule has 0 amide bonds. The molecule has 7 heteroatoms. The van der Waals surface area contributed by atoms with Crippen molar-refractivity contribution in [3.63, 3.8) is 0 Å². The van der Waals surface area contributed by atoms with Crippen LogP contribution in [0.25, 0.3) is 0 Å². The second kappa shape index (κ2) is 6.23. The van der Waals surface area contributed by atoms with Crippen LogP contribution < -0.4 is 5.32 Å². The lowest BCUT2D eigenvalue weighted by molar-refractivity contribution is 0.0697. The van der Waals surface area contributed by atoms with Crippen molar-refractivity contribution in [1.29, 1.82) is 0 Å². The van der Waals surface area contributed by atoms with E-state index < -0.39 is 5.97 Å². The van der Waals surface area contributed by atoms with Gasteiger partial charge in [-0.25, -0.2) is 9.78 Å². The van der Waals surface area contributed by atoms with E-state index in [0.29, 0.717) is 12.4 Å². The predicted octanol–water partition coefficient (Wildman–Crippen LogP) is 3.80. The number of nitrogens with zero attached hydrogens (tertiary/aromatic N) is 1. The SMILES string of the molecule is O=C(O)c1cc(Cl)nc(NCCc2ccc(Cl)s2)c1. The number of aromatic nitrogens is 1. The fraction of sp³-hybridized carbons (Fsp3) is 0.167. The summed E-state index contributed by atoms with van der Waals surface area (Å²) in [6.07, 6.45) is 0.786. The molecule has 4 nitrogen and oxygen atoms in total. The summed E-state index contributed by atoms with van der Waals surface area (Å²) in [6, 6.07) is 6.58. The molecule has 2 aromatic heterocycles. The number of carboxylic acids is 1. The summed E-state index contributed by atoms with van der Waals surface area (Å²) in [7, 11) is 0. The molecule has 0 bridgehead atoms. The molecule has 0 aliphatic heterocycles. The minimum Gasteiger partial charge on any atom is -0.478 e. The molecule has 0 aromatic carbocycles. The molecule has 0 aliphatic rings. The van der Waals surface area contributed by atoms with Crippen LogP contribution in [0.1, 0.15) is 15.2 Å². The van der Waals surface area contributed by atoms with E-state index in [-0.39, 0.29) is 10.7 Å². The number of hydrogen-bond donors (Lipinski definition) is 2. The Morgan fingerprint density at radius 2 is 2.16 bits per heavy atom. The second-order valence-electron chi connectivity index (χ2n) is 3.75. The largest absolute Gasteiger partial charge is 0.478 e. The highest BCUT2D eigenvalue weighted by Gasteiger charge is 2.07. The van der Waals surface area contributed by atoms with E-state index in [1.54, 1.807) is 0 Å². The Hall–Kier alpha value is -1.30. The summed E-state index contributed by atoms with van der Waals surface area (Å²) in [5.41, 5.74) is 0.113. The van der Waals surface area contributed by atoms with Gasteiger partial charge in [-0.2, -0.15) is 0 Å². The number of carbonyl (C=O) groups is 1. The molecule has 2 rings (SSSR count). The number of thiophene rings is 1. The van der Waals surface area contributed by atoms with Crippen LogP contribution in [0.5, 0.6) is 0 Å². The predicted molar refractivity (Wildman–Crippen MR) is 77.7 cm³/mol. The van der Waals surface area contributed by atoms with Crippen molar-refractivity contribution < 1.29 is 9.90 Å². The van der Waals surface area contributed by atoms with Gasteiger partial charge in [-0.05, 0) is 30.7 Å². The number of aromatic carboxylic acids is 1. The van der Waals surface area contributed by atoms with Crippen molar-refractivity contribution >= 4 is 46.3 Å². The fourth-order valence-corrected chi connectivity index (χ4v) is 2.81. The molecule has 0 spiro atoms. The van der Waals surface area contributed by atoms with E-state index in [1.165, 1.54) is 23.5 Å². The first-order valence-electron chi connectivity index (χ1n) is 5.43. The van der Waals surface area contributed by atoms with E-state index >= 15 is 0 Å². The number of halogens is 2. The number of rotatable bonds is 5. The zero-order valence-electron chi connectivity index (χ0n) is 9.69. The maximum atomic E-state index is 10.9. The standard InChI is InChI=1S/C12H10Cl2N2O2S/c13-9-5-7(12(17)18)6-11(16-9)15-4-3-8-1-2-10(14)19-8/h1-2,5-6H,3-4H2,(H,15,16)(H,17,18). The molecule has 0 atom stereocenters. The van der Waals surface area contributed by atoms with Gasteiger partial charge in [-0.15, -0.1) is 11.3 Å². The lowest BCUT2D eigenvalue weighted by Crippen LogP contribution is -2.07. The van der Waals surface area contributed by atoms with Crippen LogP contribution in [-0.2, 0) is 6.42 Å². The first kappa shape index (κ1) is 14.1. The van der Waals surface area contributed by atoms with Crippen LogP contribution in [0.4, 0.5) is 5.82 Å². The average molecular weight is 317 g/mol. The maximum absolute atomic E-state index is 10.9. The summed E-state index contributed by atoms with van der Waals surface area (Å²) in [4.78, 5) is 16.0. The van der Waals surface area contributed by atoms with E-state index in [9.17, 15) is 4.79 Å². The minimum atomic E-state index is -1.03. The number of carboxylic acid groups (broad SMARTS) is 1. The van der Waals surface area contributed by atoms with E-state index in [0.717, 1.165) is 15.6 Å². The van der Waals surface area contributed by atoms with Crippen molar-refractivity contribution in [2.45, 2.75) is 6.42 Å². The molecule has 0 fully saturated rings. The van der Waals surface area contributed by atoms with Crippen molar-refractivity contribution in [1.82, 2.24) is 4.98 Å². The number of hydrogen-bond acceptors (Lipinski definition) is 4. The number of nitrogens with one attached hydrogen (secondary N) is 1. The van der Waals surface area contributed by atoms with Crippen molar-refractivity contribution in [2.75, 3.05) is 11.9 Å². The quantitative estimate of drug-likeness (QED) is 0.823.